The molecule has 0 heterocycles. The predicted molar refractivity (Wildman–Crippen MR) is 35.7 cm³/mol. The SMILES string of the molecule is CCC(=O)C(S)C(=O)O. The maximum Gasteiger partial charge on any atom is 0.324 e. The summed E-state index contributed by atoms with van der Waals surface area (Å²) in [5, 5.41) is 7.04. The van der Waals surface area contributed by atoms with Gasteiger partial charge in [-0.25, -0.2) is 0 Å². The van der Waals surface area contributed by atoms with Gasteiger partial charge in [0.1, 0.15) is 0 Å². The Hall–Kier alpha value is -0.510. The summed E-state index contributed by atoms with van der Waals surface area (Å²) in [6.45, 7) is 1.61. The maximum atomic E-state index is 10.5. The Morgan fingerprint density at radius 3 is 2.22 bits per heavy atom. The quantitative estimate of drug-likeness (QED) is 0.448. The van der Waals surface area contributed by atoms with Crippen LogP contribution < -0.4 is 0 Å². The van der Waals surface area contributed by atoms with E-state index in [9.17, 15) is 9.59 Å². The molecule has 1 N–H and O–H groups in total. The molecule has 1 atom stereocenters. The summed E-state index contributed by atoms with van der Waals surface area (Å²) < 4.78 is 0. The molecule has 0 saturated carbocycles. The first kappa shape index (κ1) is 8.49. The zero-order valence-electron chi connectivity index (χ0n) is 5.00. The zero-order valence-corrected chi connectivity index (χ0v) is 5.89. The molecule has 0 radical (unpaired) electrons. The van der Waals surface area contributed by atoms with Gasteiger partial charge < -0.3 is 5.11 Å². The fourth-order valence-electron chi connectivity index (χ4n) is 0.331. The average molecular weight is 148 g/mol. The van der Waals surface area contributed by atoms with Crippen LogP contribution in [0.25, 0.3) is 0 Å². The second-order valence-electron chi connectivity index (χ2n) is 1.56. The van der Waals surface area contributed by atoms with Crippen molar-refractivity contribution >= 4 is 24.4 Å². The molecule has 0 aliphatic carbocycles. The van der Waals surface area contributed by atoms with Crippen LogP contribution in [0.15, 0.2) is 0 Å². The van der Waals surface area contributed by atoms with Gasteiger partial charge in [-0.05, 0) is 0 Å². The molecule has 0 aromatic carbocycles. The van der Waals surface area contributed by atoms with E-state index in [-0.39, 0.29) is 12.2 Å². The van der Waals surface area contributed by atoms with E-state index in [1.807, 2.05) is 0 Å². The predicted octanol–water partition coefficient (Wildman–Crippen LogP) is 0.348. The molecule has 0 spiro atoms. The van der Waals surface area contributed by atoms with Crippen LogP contribution in [-0.2, 0) is 9.59 Å². The largest absolute Gasteiger partial charge is 0.480 e. The molecule has 52 valence electrons. The average Bonchev–Trinajstić information content (AvgIpc) is 1.84. The second kappa shape index (κ2) is 3.50. The monoisotopic (exact) mass is 148 g/mol. The van der Waals surface area contributed by atoms with Crippen LogP contribution >= 0.6 is 12.6 Å². The van der Waals surface area contributed by atoms with Gasteiger partial charge in [0.25, 0.3) is 0 Å². The molecule has 0 aliphatic heterocycles. The molecule has 9 heavy (non-hydrogen) atoms. The van der Waals surface area contributed by atoms with Gasteiger partial charge in [-0.3, -0.25) is 9.59 Å². The number of Topliss-reactive ketones (excluding diaryl/α,β-unsaturated/α-hetero) is 1. The van der Waals surface area contributed by atoms with Gasteiger partial charge in [0.2, 0.25) is 0 Å². The number of carboxylic acid groups (broad SMARTS) is 1. The molecule has 0 rings (SSSR count). The van der Waals surface area contributed by atoms with Gasteiger partial charge >= 0.3 is 5.97 Å². The topological polar surface area (TPSA) is 54.4 Å². The fraction of sp³-hybridized carbons (Fsp3) is 0.600. The van der Waals surface area contributed by atoms with Crippen LogP contribution in [0.2, 0.25) is 0 Å². The summed E-state index contributed by atoms with van der Waals surface area (Å²) in [5.41, 5.74) is 0. The smallest absolute Gasteiger partial charge is 0.324 e. The standard InChI is InChI=1S/C5H8O3S/c1-2-3(6)4(9)5(7)8/h4,9H,2H2,1H3,(H,7,8). The lowest BCUT2D eigenvalue weighted by atomic mass is 10.2. The Bertz CT molecular complexity index is 132. The minimum absolute atomic E-state index is 0.223. The lowest BCUT2D eigenvalue weighted by Crippen LogP contribution is -2.23. The first-order valence-corrected chi connectivity index (χ1v) is 3.04. The highest BCUT2D eigenvalue weighted by atomic mass is 32.1. The van der Waals surface area contributed by atoms with Gasteiger partial charge in [0.15, 0.2) is 11.0 Å². The second-order valence-corrected chi connectivity index (χ2v) is 2.08. The van der Waals surface area contributed by atoms with Crippen molar-refractivity contribution in [2.24, 2.45) is 0 Å². The molecule has 1 unspecified atom stereocenters. The number of thiol groups is 1. The summed E-state index contributed by atoms with van der Waals surface area (Å²) in [6, 6.07) is 0. The van der Waals surface area contributed by atoms with E-state index in [2.05, 4.69) is 12.6 Å². The molecular formula is C5H8O3S. The lowest BCUT2D eigenvalue weighted by Gasteiger charge is -1.98. The van der Waals surface area contributed by atoms with Crippen LogP contribution in [0.3, 0.4) is 0 Å². The zero-order chi connectivity index (χ0) is 7.44. The third-order valence-corrected chi connectivity index (χ3v) is 1.40. The molecule has 0 aromatic heterocycles. The van der Waals surface area contributed by atoms with Crippen molar-refractivity contribution in [2.75, 3.05) is 0 Å². The Kier molecular flexibility index (Phi) is 3.30. The molecular weight excluding hydrogens is 140 g/mol. The number of ketones is 1. The van der Waals surface area contributed by atoms with Crippen molar-refractivity contribution in [2.45, 2.75) is 18.6 Å². The summed E-state index contributed by atoms with van der Waals surface area (Å²) in [7, 11) is 0. The Morgan fingerprint density at radius 1 is 1.67 bits per heavy atom. The van der Waals surface area contributed by atoms with Crippen molar-refractivity contribution in [3.63, 3.8) is 0 Å². The van der Waals surface area contributed by atoms with Crippen LogP contribution in [0.5, 0.6) is 0 Å². The fourth-order valence-corrected chi connectivity index (χ4v) is 0.514. The van der Waals surface area contributed by atoms with Crippen LogP contribution in [0.4, 0.5) is 0 Å². The summed E-state index contributed by atoms with van der Waals surface area (Å²) in [6.07, 6.45) is 0.223. The number of carbonyl (C=O) groups is 2. The van der Waals surface area contributed by atoms with Crippen molar-refractivity contribution < 1.29 is 14.7 Å². The highest BCUT2D eigenvalue weighted by molar-refractivity contribution is 7.82. The molecule has 0 aromatic rings. The van der Waals surface area contributed by atoms with Gasteiger partial charge in [0.05, 0.1) is 0 Å². The van der Waals surface area contributed by atoms with Crippen molar-refractivity contribution in [1.82, 2.24) is 0 Å². The highest BCUT2D eigenvalue weighted by Gasteiger charge is 2.18. The number of carboxylic acids is 1. The van der Waals surface area contributed by atoms with Gasteiger partial charge in [-0.2, -0.15) is 12.6 Å². The molecule has 0 amide bonds. The van der Waals surface area contributed by atoms with Crippen molar-refractivity contribution in [3.8, 4) is 0 Å². The number of carbonyl (C=O) groups excluding carboxylic acids is 1. The van der Waals surface area contributed by atoms with E-state index in [0.29, 0.717) is 0 Å². The highest BCUT2D eigenvalue weighted by Crippen LogP contribution is 1.98. The van der Waals surface area contributed by atoms with Gasteiger partial charge in [0, 0.05) is 6.42 Å². The summed E-state index contributed by atoms with van der Waals surface area (Å²) >= 11 is 3.55. The van der Waals surface area contributed by atoms with E-state index in [1.165, 1.54) is 0 Å². The van der Waals surface area contributed by atoms with Crippen molar-refractivity contribution in [3.05, 3.63) is 0 Å². The summed E-state index contributed by atoms with van der Waals surface area (Å²) in [4.78, 5) is 20.5. The van der Waals surface area contributed by atoms with E-state index in [0.717, 1.165) is 0 Å². The molecule has 0 saturated heterocycles. The van der Waals surface area contributed by atoms with Gasteiger partial charge in [-0.1, -0.05) is 6.92 Å². The van der Waals surface area contributed by atoms with E-state index < -0.39 is 11.2 Å². The number of hydrogen-bond donors (Lipinski definition) is 2. The molecule has 0 fully saturated rings. The minimum Gasteiger partial charge on any atom is -0.480 e. The van der Waals surface area contributed by atoms with Gasteiger partial charge in [-0.15, -0.1) is 0 Å². The normalized spacial score (nSPS) is 12.7. The third kappa shape index (κ3) is 2.51. The number of aliphatic carboxylic acids is 1. The van der Waals surface area contributed by atoms with E-state index in [4.69, 9.17) is 5.11 Å². The van der Waals surface area contributed by atoms with Crippen LogP contribution in [-0.4, -0.2) is 22.1 Å². The van der Waals surface area contributed by atoms with Crippen LogP contribution in [0.1, 0.15) is 13.3 Å². The molecule has 4 heteroatoms. The first-order chi connectivity index (χ1) is 4.09. The number of rotatable bonds is 3. The Labute approximate surface area is 58.5 Å². The third-order valence-electron chi connectivity index (χ3n) is 0.887. The molecule has 0 aliphatic rings. The first-order valence-electron chi connectivity index (χ1n) is 2.53. The molecule has 3 nitrogen and oxygen atoms in total. The van der Waals surface area contributed by atoms with E-state index in [1.54, 1.807) is 6.92 Å². The van der Waals surface area contributed by atoms with Crippen LogP contribution in [0, 0.1) is 0 Å². The van der Waals surface area contributed by atoms with Crippen molar-refractivity contribution in [1.29, 1.82) is 0 Å². The Morgan fingerprint density at radius 2 is 2.11 bits per heavy atom. The minimum atomic E-state index is -1.18. The summed E-state index contributed by atoms with van der Waals surface area (Å²) in [5.74, 6) is -1.53. The lowest BCUT2D eigenvalue weighted by molar-refractivity contribution is -0.139. The maximum absolute atomic E-state index is 10.5. The molecule has 0 bridgehead atoms. The Balaban J connectivity index is 3.88. The van der Waals surface area contributed by atoms with E-state index >= 15 is 0 Å². The number of hydrogen-bond acceptors (Lipinski definition) is 3.